The lowest BCUT2D eigenvalue weighted by Gasteiger charge is -2.19. The lowest BCUT2D eigenvalue weighted by Crippen LogP contribution is -2.27. The number of rotatable bonds is 5. The van der Waals surface area contributed by atoms with Gasteiger partial charge in [-0.1, -0.05) is 13.0 Å². The Morgan fingerprint density at radius 1 is 1.41 bits per heavy atom. The van der Waals surface area contributed by atoms with Crippen LogP contribution in [0.15, 0.2) is 24.4 Å². The lowest BCUT2D eigenvalue weighted by molar-refractivity contribution is 0.520. The largest absolute Gasteiger partial charge is 0.361 e. The molecule has 0 saturated carbocycles. The molecule has 3 N–H and O–H groups in total. The minimum Gasteiger partial charge on any atom is -0.361 e. The maximum atomic E-state index is 11.7. The van der Waals surface area contributed by atoms with Crippen molar-refractivity contribution in [2.45, 2.75) is 37.5 Å². The molecular formula is C16H23N3O2S. The molecule has 1 aromatic heterocycles. The second kappa shape index (κ2) is 6.02. The molecule has 0 radical (unpaired) electrons. The van der Waals surface area contributed by atoms with E-state index in [4.69, 9.17) is 0 Å². The minimum atomic E-state index is -3.25. The van der Waals surface area contributed by atoms with E-state index >= 15 is 0 Å². The lowest BCUT2D eigenvalue weighted by atomic mass is 9.92. The fourth-order valence-electron chi connectivity index (χ4n) is 3.30. The summed E-state index contributed by atoms with van der Waals surface area (Å²) < 4.78 is 25.9. The number of aromatic amines is 1. The SMILES string of the molecule is CNS(=O)(=O)Cc1ccc2[nH]cc(C(C)C3CCCN3)c2c1. The molecule has 0 aliphatic carbocycles. The highest BCUT2D eigenvalue weighted by Gasteiger charge is 2.24. The molecule has 6 heteroatoms. The number of aromatic nitrogens is 1. The first kappa shape index (κ1) is 15.5. The monoisotopic (exact) mass is 321 g/mol. The van der Waals surface area contributed by atoms with Crippen LogP contribution < -0.4 is 10.0 Å². The fraction of sp³-hybridized carbons (Fsp3) is 0.500. The maximum Gasteiger partial charge on any atom is 0.215 e. The highest BCUT2D eigenvalue weighted by molar-refractivity contribution is 7.88. The standard InChI is InChI=1S/C16H23N3O2S/c1-11(15-4-3-7-18-15)14-9-19-16-6-5-12(8-13(14)16)10-22(20,21)17-2/h5-6,8-9,11,15,17-19H,3-4,7,10H2,1-2H3. The van der Waals surface area contributed by atoms with Gasteiger partial charge in [0.1, 0.15) is 0 Å². The van der Waals surface area contributed by atoms with Gasteiger partial charge >= 0.3 is 0 Å². The van der Waals surface area contributed by atoms with Gasteiger partial charge in [-0.15, -0.1) is 0 Å². The van der Waals surface area contributed by atoms with Crippen LogP contribution in [0.1, 0.15) is 36.8 Å². The Morgan fingerprint density at radius 3 is 2.91 bits per heavy atom. The van der Waals surface area contributed by atoms with Crippen molar-refractivity contribution in [1.82, 2.24) is 15.0 Å². The van der Waals surface area contributed by atoms with Crippen molar-refractivity contribution < 1.29 is 8.42 Å². The Balaban J connectivity index is 1.94. The predicted molar refractivity (Wildman–Crippen MR) is 89.4 cm³/mol. The molecule has 2 atom stereocenters. The number of benzene rings is 1. The first-order valence-corrected chi connectivity index (χ1v) is 9.40. The van der Waals surface area contributed by atoms with Gasteiger partial charge in [-0.2, -0.15) is 0 Å². The van der Waals surface area contributed by atoms with Crippen LogP contribution in [-0.2, 0) is 15.8 Å². The van der Waals surface area contributed by atoms with Gasteiger partial charge in [-0.05, 0) is 55.6 Å². The number of fused-ring (bicyclic) bond motifs is 1. The number of hydrogen-bond acceptors (Lipinski definition) is 3. The van der Waals surface area contributed by atoms with Gasteiger partial charge in [0, 0.05) is 23.1 Å². The Labute approximate surface area is 131 Å². The zero-order valence-electron chi connectivity index (χ0n) is 13.0. The van der Waals surface area contributed by atoms with Crippen molar-refractivity contribution in [3.63, 3.8) is 0 Å². The Bertz CT molecular complexity index is 761. The molecule has 0 bridgehead atoms. The Kier molecular flexibility index (Phi) is 4.25. The van der Waals surface area contributed by atoms with E-state index in [9.17, 15) is 8.42 Å². The van der Waals surface area contributed by atoms with Gasteiger partial charge in [0.2, 0.25) is 10.0 Å². The van der Waals surface area contributed by atoms with E-state index in [1.807, 2.05) is 18.2 Å². The molecule has 2 aromatic rings. The van der Waals surface area contributed by atoms with E-state index in [-0.39, 0.29) is 5.75 Å². The molecule has 0 amide bonds. The summed E-state index contributed by atoms with van der Waals surface area (Å²) in [5.74, 6) is 0.424. The van der Waals surface area contributed by atoms with Gasteiger partial charge in [0.15, 0.2) is 0 Å². The Hall–Kier alpha value is -1.37. The van der Waals surface area contributed by atoms with Gasteiger partial charge in [0.25, 0.3) is 0 Å². The van der Waals surface area contributed by atoms with Crippen LogP contribution >= 0.6 is 0 Å². The first-order chi connectivity index (χ1) is 10.5. The topological polar surface area (TPSA) is 74.0 Å². The summed E-state index contributed by atoms with van der Waals surface area (Å²) in [4.78, 5) is 3.30. The van der Waals surface area contributed by atoms with Crippen molar-refractivity contribution >= 4 is 20.9 Å². The van der Waals surface area contributed by atoms with Crippen molar-refractivity contribution in [2.75, 3.05) is 13.6 Å². The highest BCUT2D eigenvalue weighted by Crippen LogP contribution is 2.31. The molecule has 0 spiro atoms. The third kappa shape index (κ3) is 3.04. The molecular weight excluding hydrogens is 298 g/mol. The molecule has 1 saturated heterocycles. The summed E-state index contributed by atoms with van der Waals surface area (Å²) in [5.41, 5.74) is 3.14. The number of H-pyrrole nitrogens is 1. The van der Waals surface area contributed by atoms with Crippen LogP contribution in [0.25, 0.3) is 10.9 Å². The molecule has 1 aromatic carbocycles. The van der Waals surface area contributed by atoms with Gasteiger partial charge in [-0.25, -0.2) is 13.1 Å². The van der Waals surface area contributed by atoms with Crippen molar-refractivity contribution in [2.24, 2.45) is 0 Å². The van der Waals surface area contributed by atoms with Gasteiger partial charge < -0.3 is 10.3 Å². The van der Waals surface area contributed by atoms with E-state index in [1.54, 1.807) is 0 Å². The van der Waals surface area contributed by atoms with Crippen LogP contribution in [0.2, 0.25) is 0 Å². The summed E-state index contributed by atoms with van der Waals surface area (Å²) >= 11 is 0. The average molecular weight is 321 g/mol. The third-order valence-corrected chi connectivity index (χ3v) is 5.97. The summed E-state index contributed by atoms with van der Waals surface area (Å²) in [5, 5.41) is 4.68. The second-order valence-electron chi connectivity index (χ2n) is 6.08. The fourth-order valence-corrected chi connectivity index (χ4v) is 4.07. The molecule has 120 valence electrons. The second-order valence-corrected chi connectivity index (χ2v) is 8.01. The molecule has 2 unspecified atom stereocenters. The minimum absolute atomic E-state index is 0.0140. The third-order valence-electron chi connectivity index (χ3n) is 4.64. The van der Waals surface area contributed by atoms with Crippen LogP contribution in [-0.4, -0.2) is 33.0 Å². The molecule has 1 fully saturated rings. The number of sulfonamides is 1. The van der Waals surface area contributed by atoms with Crippen LogP contribution in [0, 0.1) is 0 Å². The predicted octanol–water partition coefficient (Wildman–Crippen LogP) is 2.07. The molecule has 3 rings (SSSR count). The normalized spacial score (nSPS) is 20.5. The van der Waals surface area contributed by atoms with Gasteiger partial charge in [-0.3, -0.25) is 0 Å². The van der Waals surface area contributed by atoms with E-state index in [2.05, 4.69) is 28.1 Å². The van der Waals surface area contributed by atoms with E-state index in [0.29, 0.717) is 12.0 Å². The maximum absolute atomic E-state index is 11.7. The van der Waals surface area contributed by atoms with Crippen molar-refractivity contribution in [3.8, 4) is 0 Å². The molecule has 5 nitrogen and oxygen atoms in total. The summed E-state index contributed by atoms with van der Waals surface area (Å²) in [6.07, 6.45) is 4.48. The van der Waals surface area contributed by atoms with E-state index in [1.165, 1.54) is 25.5 Å². The van der Waals surface area contributed by atoms with E-state index in [0.717, 1.165) is 23.0 Å². The average Bonchev–Trinajstić information content (AvgIpc) is 3.15. The molecule has 1 aliphatic heterocycles. The van der Waals surface area contributed by atoms with Crippen LogP contribution in [0.4, 0.5) is 0 Å². The van der Waals surface area contributed by atoms with Crippen LogP contribution in [0.3, 0.4) is 0 Å². The summed E-state index contributed by atoms with van der Waals surface area (Å²) in [6, 6.07) is 6.34. The number of hydrogen-bond donors (Lipinski definition) is 3. The molecule has 1 aliphatic rings. The highest BCUT2D eigenvalue weighted by atomic mass is 32.2. The van der Waals surface area contributed by atoms with E-state index < -0.39 is 10.0 Å². The summed E-state index contributed by atoms with van der Waals surface area (Å²) in [7, 11) is -1.80. The first-order valence-electron chi connectivity index (χ1n) is 7.74. The summed E-state index contributed by atoms with van der Waals surface area (Å²) in [6.45, 7) is 3.33. The van der Waals surface area contributed by atoms with Gasteiger partial charge in [0.05, 0.1) is 5.75 Å². The molecule has 22 heavy (non-hydrogen) atoms. The Morgan fingerprint density at radius 2 is 2.23 bits per heavy atom. The zero-order valence-corrected chi connectivity index (χ0v) is 13.8. The molecule has 2 heterocycles. The smallest absolute Gasteiger partial charge is 0.215 e. The quantitative estimate of drug-likeness (QED) is 0.789. The van der Waals surface area contributed by atoms with Crippen molar-refractivity contribution in [1.29, 1.82) is 0 Å². The zero-order chi connectivity index (χ0) is 15.7. The van der Waals surface area contributed by atoms with Crippen molar-refractivity contribution in [3.05, 3.63) is 35.5 Å². The number of nitrogens with one attached hydrogen (secondary N) is 3. The van der Waals surface area contributed by atoms with Crippen LogP contribution in [0.5, 0.6) is 0 Å².